The summed E-state index contributed by atoms with van der Waals surface area (Å²) in [6, 6.07) is 1.69. The van der Waals surface area contributed by atoms with Gasteiger partial charge in [0, 0.05) is 25.2 Å². The van der Waals surface area contributed by atoms with Crippen LogP contribution in [0.25, 0.3) is 0 Å². The minimum absolute atomic E-state index is 0.325. The van der Waals surface area contributed by atoms with E-state index in [2.05, 4.69) is 16.8 Å². The molecule has 1 heterocycles. The SMILES string of the molecule is CN(CCCO)C1CCN(C2CC2)CC1. The highest BCUT2D eigenvalue weighted by Crippen LogP contribution is 2.30. The van der Waals surface area contributed by atoms with Crippen molar-refractivity contribution in [2.75, 3.05) is 33.3 Å². The molecule has 0 aromatic heterocycles. The third-order valence-electron chi connectivity index (χ3n) is 3.85. The van der Waals surface area contributed by atoms with E-state index >= 15 is 0 Å². The lowest BCUT2D eigenvalue weighted by Gasteiger charge is -2.36. The van der Waals surface area contributed by atoms with Crippen LogP contribution in [0.4, 0.5) is 0 Å². The zero-order chi connectivity index (χ0) is 10.7. The highest BCUT2D eigenvalue weighted by Gasteiger charge is 2.32. The molecule has 1 aliphatic carbocycles. The molecule has 0 unspecified atom stereocenters. The fourth-order valence-corrected chi connectivity index (χ4v) is 2.63. The molecule has 0 atom stereocenters. The van der Waals surface area contributed by atoms with Gasteiger partial charge in [0.05, 0.1) is 0 Å². The normalized spacial score (nSPS) is 25.0. The molecule has 2 fully saturated rings. The number of aliphatic hydroxyl groups excluding tert-OH is 1. The molecule has 0 spiro atoms. The molecule has 1 saturated carbocycles. The number of hydrogen-bond donors (Lipinski definition) is 1. The molecule has 1 N–H and O–H groups in total. The van der Waals surface area contributed by atoms with Crippen LogP contribution in [0, 0.1) is 0 Å². The summed E-state index contributed by atoms with van der Waals surface area (Å²) in [5.41, 5.74) is 0. The number of hydrogen-bond acceptors (Lipinski definition) is 3. The van der Waals surface area contributed by atoms with Crippen LogP contribution in [0.1, 0.15) is 32.1 Å². The molecule has 0 bridgehead atoms. The van der Waals surface area contributed by atoms with E-state index in [0.29, 0.717) is 6.61 Å². The lowest BCUT2D eigenvalue weighted by atomic mass is 10.0. The Balaban J connectivity index is 1.67. The Labute approximate surface area is 93.1 Å². The Bertz CT molecular complexity index is 186. The van der Waals surface area contributed by atoms with Crippen molar-refractivity contribution in [1.29, 1.82) is 0 Å². The number of aliphatic hydroxyl groups is 1. The zero-order valence-corrected chi connectivity index (χ0v) is 9.86. The summed E-state index contributed by atoms with van der Waals surface area (Å²) in [5.74, 6) is 0. The van der Waals surface area contributed by atoms with Crippen molar-refractivity contribution in [2.24, 2.45) is 0 Å². The summed E-state index contributed by atoms with van der Waals surface area (Å²) in [7, 11) is 2.20. The molecule has 3 heteroatoms. The first-order chi connectivity index (χ1) is 7.31. The molecular weight excluding hydrogens is 188 g/mol. The van der Waals surface area contributed by atoms with E-state index in [4.69, 9.17) is 5.11 Å². The van der Waals surface area contributed by atoms with Gasteiger partial charge < -0.3 is 14.9 Å². The second-order valence-electron chi connectivity index (χ2n) is 5.06. The number of nitrogens with zero attached hydrogens (tertiary/aromatic N) is 2. The Morgan fingerprint density at radius 1 is 1.20 bits per heavy atom. The maximum Gasteiger partial charge on any atom is 0.0443 e. The maximum atomic E-state index is 8.80. The standard InChI is InChI=1S/C12H24N2O/c1-13(7-2-10-15)11-5-8-14(9-6-11)12-3-4-12/h11-12,15H,2-10H2,1H3. The number of rotatable bonds is 5. The summed E-state index contributed by atoms with van der Waals surface area (Å²) < 4.78 is 0. The second kappa shape index (κ2) is 5.28. The highest BCUT2D eigenvalue weighted by molar-refractivity contribution is 4.89. The first-order valence-corrected chi connectivity index (χ1v) is 6.36. The molecule has 88 valence electrons. The summed E-state index contributed by atoms with van der Waals surface area (Å²) in [5, 5.41) is 8.80. The third kappa shape index (κ3) is 3.16. The summed E-state index contributed by atoms with van der Waals surface area (Å²) >= 11 is 0. The number of likely N-dealkylation sites (tertiary alicyclic amines) is 1. The quantitative estimate of drug-likeness (QED) is 0.734. The first-order valence-electron chi connectivity index (χ1n) is 6.36. The van der Waals surface area contributed by atoms with E-state index in [0.717, 1.165) is 25.0 Å². The minimum Gasteiger partial charge on any atom is -0.396 e. The van der Waals surface area contributed by atoms with Gasteiger partial charge in [-0.3, -0.25) is 0 Å². The molecular formula is C12H24N2O. The van der Waals surface area contributed by atoms with Gasteiger partial charge in [-0.05, 0) is 52.2 Å². The molecule has 15 heavy (non-hydrogen) atoms. The van der Waals surface area contributed by atoms with Gasteiger partial charge in [-0.15, -0.1) is 0 Å². The molecule has 1 saturated heterocycles. The van der Waals surface area contributed by atoms with Crippen LogP contribution < -0.4 is 0 Å². The van der Waals surface area contributed by atoms with Crippen LogP contribution in [0.15, 0.2) is 0 Å². The minimum atomic E-state index is 0.325. The molecule has 2 aliphatic rings. The molecule has 1 aliphatic heterocycles. The van der Waals surface area contributed by atoms with Crippen LogP contribution in [0.5, 0.6) is 0 Å². The zero-order valence-electron chi connectivity index (χ0n) is 9.86. The van der Waals surface area contributed by atoms with Gasteiger partial charge in [0.2, 0.25) is 0 Å². The predicted octanol–water partition coefficient (Wildman–Crippen LogP) is 0.927. The van der Waals surface area contributed by atoms with Gasteiger partial charge >= 0.3 is 0 Å². The fraction of sp³-hybridized carbons (Fsp3) is 1.00. The lowest BCUT2D eigenvalue weighted by Crippen LogP contribution is -2.44. The Morgan fingerprint density at radius 3 is 2.40 bits per heavy atom. The molecule has 0 radical (unpaired) electrons. The monoisotopic (exact) mass is 212 g/mol. The topological polar surface area (TPSA) is 26.7 Å². The average molecular weight is 212 g/mol. The predicted molar refractivity (Wildman–Crippen MR) is 61.9 cm³/mol. The van der Waals surface area contributed by atoms with Crippen LogP contribution in [0.2, 0.25) is 0 Å². The smallest absolute Gasteiger partial charge is 0.0443 e. The lowest BCUT2D eigenvalue weighted by molar-refractivity contribution is 0.117. The van der Waals surface area contributed by atoms with Crippen molar-refractivity contribution >= 4 is 0 Å². The first kappa shape index (κ1) is 11.4. The van der Waals surface area contributed by atoms with E-state index in [1.807, 2.05) is 0 Å². The number of piperidine rings is 1. The van der Waals surface area contributed by atoms with Crippen LogP contribution in [-0.2, 0) is 0 Å². The van der Waals surface area contributed by atoms with Gasteiger partial charge in [-0.1, -0.05) is 0 Å². The van der Waals surface area contributed by atoms with E-state index in [9.17, 15) is 0 Å². The highest BCUT2D eigenvalue weighted by atomic mass is 16.3. The Hall–Kier alpha value is -0.120. The van der Waals surface area contributed by atoms with Crippen molar-refractivity contribution in [2.45, 2.75) is 44.2 Å². The van der Waals surface area contributed by atoms with Gasteiger partial charge in [0.1, 0.15) is 0 Å². The van der Waals surface area contributed by atoms with Gasteiger partial charge in [0.25, 0.3) is 0 Å². The fourth-order valence-electron chi connectivity index (χ4n) is 2.63. The van der Waals surface area contributed by atoms with E-state index in [-0.39, 0.29) is 0 Å². The second-order valence-corrected chi connectivity index (χ2v) is 5.06. The molecule has 0 aromatic rings. The van der Waals surface area contributed by atoms with Crippen LogP contribution in [-0.4, -0.2) is 60.3 Å². The van der Waals surface area contributed by atoms with Crippen molar-refractivity contribution in [3.05, 3.63) is 0 Å². The van der Waals surface area contributed by atoms with Gasteiger partial charge in [0.15, 0.2) is 0 Å². The van der Waals surface area contributed by atoms with Crippen molar-refractivity contribution in [3.63, 3.8) is 0 Å². The van der Waals surface area contributed by atoms with Crippen molar-refractivity contribution in [3.8, 4) is 0 Å². The Kier molecular flexibility index (Phi) is 4.00. The summed E-state index contributed by atoms with van der Waals surface area (Å²) in [6.07, 6.45) is 6.42. The van der Waals surface area contributed by atoms with Crippen LogP contribution in [0.3, 0.4) is 0 Å². The van der Waals surface area contributed by atoms with Crippen molar-refractivity contribution < 1.29 is 5.11 Å². The summed E-state index contributed by atoms with van der Waals surface area (Å²) in [4.78, 5) is 5.09. The Morgan fingerprint density at radius 2 is 1.87 bits per heavy atom. The summed E-state index contributed by atoms with van der Waals surface area (Å²) in [6.45, 7) is 3.95. The van der Waals surface area contributed by atoms with E-state index in [1.54, 1.807) is 0 Å². The molecule has 0 aromatic carbocycles. The third-order valence-corrected chi connectivity index (χ3v) is 3.85. The maximum absolute atomic E-state index is 8.80. The van der Waals surface area contributed by atoms with Crippen LogP contribution >= 0.6 is 0 Å². The molecule has 3 nitrogen and oxygen atoms in total. The molecule has 0 amide bonds. The molecule has 2 rings (SSSR count). The van der Waals surface area contributed by atoms with Gasteiger partial charge in [-0.2, -0.15) is 0 Å². The van der Waals surface area contributed by atoms with Crippen molar-refractivity contribution in [1.82, 2.24) is 9.80 Å². The van der Waals surface area contributed by atoms with E-state index in [1.165, 1.54) is 38.8 Å². The average Bonchev–Trinajstić information content (AvgIpc) is 3.10. The van der Waals surface area contributed by atoms with E-state index < -0.39 is 0 Å². The largest absolute Gasteiger partial charge is 0.396 e. The van der Waals surface area contributed by atoms with Gasteiger partial charge in [-0.25, -0.2) is 0 Å².